The molecule has 0 aliphatic carbocycles. The minimum atomic E-state index is 0.0676. The first-order chi connectivity index (χ1) is 5.93. The predicted molar refractivity (Wildman–Crippen MR) is 48.2 cm³/mol. The number of hydrogen-bond acceptors (Lipinski definition) is 2. The van der Waals surface area contributed by atoms with E-state index in [2.05, 4.69) is 0 Å². The number of benzene rings is 1. The summed E-state index contributed by atoms with van der Waals surface area (Å²) in [4.78, 5) is 0. The van der Waals surface area contributed by atoms with Crippen LogP contribution in [0.25, 0.3) is 0 Å². The molecule has 1 aromatic carbocycles. The van der Waals surface area contributed by atoms with Crippen LogP contribution in [0.5, 0.6) is 5.75 Å². The Morgan fingerprint density at radius 2 is 1.92 bits per heavy atom. The first-order valence-corrected chi connectivity index (χ1v) is 3.87. The molecule has 0 spiro atoms. The molecular formula is C10H12O2. The zero-order chi connectivity index (χ0) is 8.65. The van der Waals surface area contributed by atoms with Crippen molar-refractivity contribution >= 4 is 0 Å². The lowest BCUT2D eigenvalue weighted by Crippen LogP contribution is -1.92. The summed E-state index contributed by atoms with van der Waals surface area (Å²) in [7, 11) is 0. The normalized spacial score (nSPS) is 10.4. The molecule has 2 nitrogen and oxygen atoms in total. The maximum Gasteiger partial charge on any atom is 0.119 e. The average Bonchev–Trinajstić information content (AvgIpc) is 2.14. The number of rotatable bonds is 4. The minimum Gasteiger partial charge on any atom is -0.490 e. The first kappa shape index (κ1) is 8.81. The van der Waals surface area contributed by atoms with Gasteiger partial charge in [0, 0.05) is 0 Å². The second-order valence-electron chi connectivity index (χ2n) is 2.28. The molecule has 12 heavy (non-hydrogen) atoms. The molecule has 0 heterocycles. The maximum absolute atomic E-state index is 8.42. The van der Waals surface area contributed by atoms with Crippen molar-refractivity contribution in [3.05, 3.63) is 42.5 Å². The highest BCUT2D eigenvalue weighted by Crippen LogP contribution is 2.07. The van der Waals surface area contributed by atoms with Gasteiger partial charge in [-0.1, -0.05) is 24.3 Å². The van der Waals surface area contributed by atoms with E-state index < -0.39 is 0 Å². The maximum atomic E-state index is 8.42. The first-order valence-electron chi connectivity index (χ1n) is 3.87. The molecule has 2 heteroatoms. The third-order valence-electron chi connectivity index (χ3n) is 1.36. The Morgan fingerprint density at radius 3 is 2.58 bits per heavy atom. The van der Waals surface area contributed by atoms with Crippen LogP contribution in [0.15, 0.2) is 42.5 Å². The van der Waals surface area contributed by atoms with E-state index in [9.17, 15) is 0 Å². The number of hydrogen-bond donors (Lipinski definition) is 1. The molecule has 0 amide bonds. The average molecular weight is 164 g/mol. The van der Waals surface area contributed by atoms with E-state index in [1.807, 2.05) is 30.3 Å². The fourth-order valence-electron chi connectivity index (χ4n) is 0.804. The topological polar surface area (TPSA) is 29.5 Å². The summed E-state index contributed by atoms with van der Waals surface area (Å²) >= 11 is 0. The van der Waals surface area contributed by atoms with E-state index in [0.717, 1.165) is 5.75 Å². The van der Waals surface area contributed by atoms with Crippen molar-refractivity contribution < 1.29 is 9.84 Å². The van der Waals surface area contributed by atoms with Gasteiger partial charge in [-0.05, 0) is 18.2 Å². The van der Waals surface area contributed by atoms with Crippen LogP contribution in [0.2, 0.25) is 0 Å². The molecule has 0 unspecified atom stereocenters. The van der Waals surface area contributed by atoms with Crippen LogP contribution < -0.4 is 4.74 Å². The van der Waals surface area contributed by atoms with Crippen LogP contribution in [0, 0.1) is 0 Å². The van der Waals surface area contributed by atoms with Gasteiger partial charge < -0.3 is 9.84 Å². The van der Waals surface area contributed by atoms with Crippen molar-refractivity contribution in [2.45, 2.75) is 0 Å². The Morgan fingerprint density at radius 1 is 1.17 bits per heavy atom. The van der Waals surface area contributed by atoms with Gasteiger partial charge in [0.05, 0.1) is 6.61 Å². The SMILES string of the molecule is OC/C=C/COc1ccccc1. The van der Waals surface area contributed by atoms with Crippen molar-refractivity contribution in [3.8, 4) is 5.75 Å². The summed E-state index contributed by atoms with van der Waals surface area (Å²) in [6, 6.07) is 9.58. The molecule has 1 rings (SSSR count). The number of aliphatic hydroxyl groups excluding tert-OH is 1. The molecule has 1 N–H and O–H groups in total. The second kappa shape index (κ2) is 5.38. The summed E-state index contributed by atoms with van der Waals surface area (Å²) in [5, 5.41) is 8.42. The molecule has 0 saturated carbocycles. The minimum absolute atomic E-state index is 0.0676. The molecule has 1 aromatic rings. The van der Waals surface area contributed by atoms with Gasteiger partial charge in [-0.15, -0.1) is 0 Å². The van der Waals surface area contributed by atoms with E-state index in [0.29, 0.717) is 6.61 Å². The molecule has 0 aliphatic rings. The molecular weight excluding hydrogens is 152 g/mol. The number of ether oxygens (including phenoxy) is 1. The lowest BCUT2D eigenvalue weighted by Gasteiger charge is -2.00. The quantitative estimate of drug-likeness (QED) is 0.685. The molecule has 0 atom stereocenters. The summed E-state index contributed by atoms with van der Waals surface area (Å²) in [6.45, 7) is 0.572. The highest BCUT2D eigenvalue weighted by Gasteiger charge is 1.86. The van der Waals surface area contributed by atoms with Gasteiger partial charge in [-0.2, -0.15) is 0 Å². The molecule has 0 fully saturated rings. The Hall–Kier alpha value is -1.28. The summed E-state index contributed by atoms with van der Waals surface area (Å²) < 4.78 is 5.31. The van der Waals surface area contributed by atoms with Gasteiger partial charge in [-0.3, -0.25) is 0 Å². The van der Waals surface area contributed by atoms with Crippen LogP contribution >= 0.6 is 0 Å². The third kappa shape index (κ3) is 3.21. The van der Waals surface area contributed by atoms with Crippen LogP contribution in [0.1, 0.15) is 0 Å². The fourth-order valence-corrected chi connectivity index (χ4v) is 0.804. The van der Waals surface area contributed by atoms with Gasteiger partial charge in [0.2, 0.25) is 0 Å². The molecule has 64 valence electrons. The fraction of sp³-hybridized carbons (Fsp3) is 0.200. The van der Waals surface area contributed by atoms with Gasteiger partial charge in [0.25, 0.3) is 0 Å². The Balaban J connectivity index is 2.29. The van der Waals surface area contributed by atoms with Gasteiger partial charge >= 0.3 is 0 Å². The lowest BCUT2D eigenvalue weighted by atomic mass is 10.3. The molecule has 0 bridgehead atoms. The number of aliphatic hydroxyl groups is 1. The number of para-hydroxylation sites is 1. The van der Waals surface area contributed by atoms with Crippen molar-refractivity contribution in [1.82, 2.24) is 0 Å². The zero-order valence-electron chi connectivity index (χ0n) is 6.81. The smallest absolute Gasteiger partial charge is 0.119 e. The van der Waals surface area contributed by atoms with Crippen LogP contribution in [0.4, 0.5) is 0 Å². The Kier molecular flexibility index (Phi) is 3.95. The largest absolute Gasteiger partial charge is 0.490 e. The van der Waals surface area contributed by atoms with E-state index >= 15 is 0 Å². The summed E-state index contributed by atoms with van der Waals surface area (Å²) in [5.41, 5.74) is 0. The van der Waals surface area contributed by atoms with Gasteiger partial charge in [0.1, 0.15) is 12.4 Å². The lowest BCUT2D eigenvalue weighted by molar-refractivity contribution is 0.336. The van der Waals surface area contributed by atoms with Crippen molar-refractivity contribution in [2.24, 2.45) is 0 Å². The summed E-state index contributed by atoms with van der Waals surface area (Å²) in [6.07, 6.45) is 3.44. The van der Waals surface area contributed by atoms with E-state index in [-0.39, 0.29) is 6.61 Å². The molecule has 0 saturated heterocycles. The predicted octanol–water partition coefficient (Wildman–Crippen LogP) is 1.61. The van der Waals surface area contributed by atoms with Crippen molar-refractivity contribution in [1.29, 1.82) is 0 Å². The molecule has 0 radical (unpaired) electrons. The molecule has 0 aliphatic heterocycles. The second-order valence-corrected chi connectivity index (χ2v) is 2.28. The van der Waals surface area contributed by atoms with Gasteiger partial charge in [-0.25, -0.2) is 0 Å². The van der Waals surface area contributed by atoms with Crippen molar-refractivity contribution in [3.63, 3.8) is 0 Å². The third-order valence-corrected chi connectivity index (χ3v) is 1.36. The van der Waals surface area contributed by atoms with E-state index in [1.165, 1.54) is 0 Å². The van der Waals surface area contributed by atoms with E-state index in [4.69, 9.17) is 9.84 Å². The van der Waals surface area contributed by atoms with Crippen LogP contribution in [-0.2, 0) is 0 Å². The van der Waals surface area contributed by atoms with Crippen molar-refractivity contribution in [2.75, 3.05) is 13.2 Å². The summed E-state index contributed by atoms with van der Waals surface area (Å²) in [5.74, 6) is 0.847. The highest BCUT2D eigenvalue weighted by atomic mass is 16.5. The zero-order valence-corrected chi connectivity index (χ0v) is 6.81. The highest BCUT2D eigenvalue weighted by molar-refractivity contribution is 5.21. The monoisotopic (exact) mass is 164 g/mol. The van der Waals surface area contributed by atoms with Crippen LogP contribution in [-0.4, -0.2) is 18.3 Å². The van der Waals surface area contributed by atoms with E-state index in [1.54, 1.807) is 12.2 Å². The standard InChI is InChI=1S/C10H12O2/c11-8-4-5-9-12-10-6-2-1-3-7-10/h1-7,11H,8-9H2/b5-4+. The van der Waals surface area contributed by atoms with Crippen LogP contribution in [0.3, 0.4) is 0 Å². The Labute approximate surface area is 72.1 Å². The Bertz CT molecular complexity index is 229. The molecule has 0 aromatic heterocycles. The van der Waals surface area contributed by atoms with Gasteiger partial charge in [0.15, 0.2) is 0 Å².